The zero-order chi connectivity index (χ0) is 12.6. The van der Waals surface area contributed by atoms with Gasteiger partial charge in [-0.05, 0) is 11.8 Å². The molecule has 0 bridgehead atoms. The fourth-order valence-electron chi connectivity index (χ4n) is 2.45. The third-order valence-corrected chi connectivity index (χ3v) is 4.09. The summed E-state index contributed by atoms with van der Waals surface area (Å²) in [7, 11) is 1.93. The number of piperidine rings is 1. The molecule has 1 saturated heterocycles. The lowest BCUT2D eigenvalue weighted by Gasteiger charge is -2.42. The van der Waals surface area contributed by atoms with Crippen LogP contribution in [-0.2, 0) is 13.6 Å². The Hall–Kier alpha value is -0.580. The van der Waals surface area contributed by atoms with Gasteiger partial charge in [0.05, 0.1) is 16.9 Å². The number of nitrogens with two attached hydrogens (primary N) is 1. The van der Waals surface area contributed by atoms with Gasteiger partial charge in [-0.2, -0.15) is 5.10 Å². The van der Waals surface area contributed by atoms with Gasteiger partial charge in [0.1, 0.15) is 0 Å². The largest absolute Gasteiger partial charge is 0.327 e. The Labute approximate surface area is 108 Å². The van der Waals surface area contributed by atoms with Crippen molar-refractivity contribution in [3.63, 3.8) is 0 Å². The van der Waals surface area contributed by atoms with Gasteiger partial charge < -0.3 is 5.73 Å². The molecular formula is C12H21ClN4. The molecule has 2 heterocycles. The molecule has 4 nitrogen and oxygen atoms in total. The average Bonchev–Trinajstić information content (AvgIpc) is 2.55. The van der Waals surface area contributed by atoms with Crippen LogP contribution in [0.2, 0.25) is 5.02 Å². The monoisotopic (exact) mass is 256 g/mol. The highest BCUT2D eigenvalue weighted by Crippen LogP contribution is 2.29. The van der Waals surface area contributed by atoms with E-state index in [1.165, 1.54) is 0 Å². The minimum absolute atomic E-state index is 0.170. The van der Waals surface area contributed by atoms with Crippen LogP contribution in [0.5, 0.6) is 0 Å². The minimum Gasteiger partial charge on any atom is -0.327 e. The predicted octanol–water partition coefficient (Wildman–Crippen LogP) is 1.63. The van der Waals surface area contributed by atoms with Crippen LogP contribution >= 0.6 is 11.6 Å². The van der Waals surface area contributed by atoms with E-state index in [1.807, 2.05) is 11.7 Å². The topological polar surface area (TPSA) is 47.1 Å². The molecule has 0 radical (unpaired) electrons. The molecular weight excluding hydrogens is 236 g/mol. The molecule has 2 rings (SSSR count). The Morgan fingerprint density at radius 3 is 2.82 bits per heavy atom. The fraction of sp³-hybridized carbons (Fsp3) is 0.750. The lowest BCUT2D eigenvalue weighted by atomic mass is 9.80. The molecule has 0 spiro atoms. The summed E-state index contributed by atoms with van der Waals surface area (Å²) in [6.07, 6.45) is 2.75. The van der Waals surface area contributed by atoms with Gasteiger partial charge in [-0.1, -0.05) is 25.4 Å². The number of aromatic nitrogens is 2. The van der Waals surface area contributed by atoms with Crippen LogP contribution in [0, 0.1) is 5.41 Å². The zero-order valence-electron chi connectivity index (χ0n) is 10.8. The summed E-state index contributed by atoms with van der Waals surface area (Å²) in [5.41, 5.74) is 7.39. The predicted molar refractivity (Wildman–Crippen MR) is 69.9 cm³/mol. The highest BCUT2D eigenvalue weighted by molar-refractivity contribution is 6.31. The van der Waals surface area contributed by atoms with Crippen LogP contribution in [0.15, 0.2) is 6.20 Å². The molecule has 0 aromatic carbocycles. The highest BCUT2D eigenvalue weighted by Gasteiger charge is 2.33. The van der Waals surface area contributed by atoms with Gasteiger partial charge in [0.15, 0.2) is 0 Å². The van der Waals surface area contributed by atoms with Crippen molar-refractivity contribution in [2.24, 2.45) is 18.2 Å². The van der Waals surface area contributed by atoms with E-state index in [2.05, 4.69) is 23.8 Å². The van der Waals surface area contributed by atoms with Crippen LogP contribution in [0.25, 0.3) is 0 Å². The maximum absolute atomic E-state index is 6.14. The lowest BCUT2D eigenvalue weighted by molar-refractivity contribution is 0.0880. The minimum atomic E-state index is 0.170. The SMILES string of the molecule is Cn1ncc(Cl)c1CN1CCC(N)C(C)(C)C1. The van der Waals surface area contributed by atoms with Crippen LogP contribution in [0.4, 0.5) is 0 Å². The van der Waals surface area contributed by atoms with Gasteiger partial charge in [-0.15, -0.1) is 0 Å². The summed E-state index contributed by atoms with van der Waals surface area (Å²) in [6, 6.07) is 0.292. The molecule has 1 aliphatic rings. The Morgan fingerprint density at radius 2 is 2.29 bits per heavy atom. The number of rotatable bonds is 2. The summed E-state index contributed by atoms with van der Waals surface area (Å²) in [4.78, 5) is 2.41. The Bertz CT molecular complexity index is 380. The second-order valence-electron chi connectivity index (χ2n) is 5.66. The van der Waals surface area contributed by atoms with Gasteiger partial charge in [0.2, 0.25) is 0 Å². The van der Waals surface area contributed by atoms with Crippen LogP contribution in [0.3, 0.4) is 0 Å². The molecule has 1 aromatic heterocycles. The van der Waals surface area contributed by atoms with E-state index in [4.69, 9.17) is 17.3 Å². The summed E-state index contributed by atoms with van der Waals surface area (Å²) >= 11 is 6.13. The first kappa shape index (κ1) is 12.9. The first-order valence-electron chi connectivity index (χ1n) is 6.04. The van der Waals surface area contributed by atoms with E-state index in [-0.39, 0.29) is 5.41 Å². The molecule has 2 N–H and O–H groups in total. The Kier molecular flexibility index (Phi) is 3.48. The number of hydrogen-bond acceptors (Lipinski definition) is 3. The highest BCUT2D eigenvalue weighted by atomic mass is 35.5. The maximum atomic E-state index is 6.14. The van der Waals surface area contributed by atoms with Crippen molar-refractivity contribution < 1.29 is 0 Å². The molecule has 5 heteroatoms. The molecule has 1 atom stereocenters. The third kappa shape index (κ3) is 2.64. The molecule has 1 aliphatic heterocycles. The van der Waals surface area contributed by atoms with Crippen LogP contribution in [0.1, 0.15) is 26.0 Å². The van der Waals surface area contributed by atoms with Crippen molar-refractivity contribution in [3.8, 4) is 0 Å². The van der Waals surface area contributed by atoms with E-state index < -0.39 is 0 Å². The number of hydrogen-bond donors (Lipinski definition) is 1. The fourth-order valence-corrected chi connectivity index (χ4v) is 2.67. The number of aryl methyl sites for hydroxylation is 1. The Balaban J connectivity index is 2.06. The van der Waals surface area contributed by atoms with Gasteiger partial charge in [-0.3, -0.25) is 9.58 Å². The van der Waals surface area contributed by atoms with Crippen molar-refractivity contribution >= 4 is 11.6 Å². The number of halogens is 1. The summed E-state index contributed by atoms with van der Waals surface area (Å²) in [5, 5.41) is 4.92. The molecule has 0 amide bonds. The summed E-state index contributed by atoms with van der Waals surface area (Å²) < 4.78 is 1.85. The second kappa shape index (κ2) is 4.59. The molecule has 0 saturated carbocycles. The Morgan fingerprint density at radius 1 is 1.59 bits per heavy atom. The first-order chi connectivity index (χ1) is 7.90. The van der Waals surface area contributed by atoms with Crippen molar-refractivity contribution in [3.05, 3.63) is 16.9 Å². The van der Waals surface area contributed by atoms with Crippen molar-refractivity contribution in [2.45, 2.75) is 32.9 Å². The smallest absolute Gasteiger partial charge is 0.0831 e. The van der Waals surface area contributed by atoms with E-state index in [0.29, 0.717) is 6.04 Å². The van der Waals surface area contributed by atoms with E-state index in [1.54, 1.807) is 6.20 Å². The van der Waals surface area contributed by atoms with Crippen molar-refractivity contribution in [1.82, 2.24) is 14.7 Å². The average molecular weight is 257 g/mol. The van der Waals surface area contributed by atoms with Gasteiger partial charge in [0, 0.05) is 32.7 Å². The molecule has 0 aliphatic carbocycles. The molecule has 1 aromatic rings. The van der Waals surface area contributed by atoms with Gasteiger partial charge >= 0.3 is 0 Å². The quantitative estimate of drug-likeness (QED) is 0.875. The standard InChI is InChI=1S/C12H21ClN4/c1-12(2)8-17(5-4-11(12)14)7-10-9(13)6-15-16(10)3/h6,11H,4-5,7-8,14H2,1-3H3. The van der Waals surface area contributed by atoms with E-state index in [0.717, 1.165) is 36.8 Å². The lowest BCUT2D eigenvalue weighted by Crippen LogP contribution is -2.52. The van der Waals surface area contributed by atoms with E-state index in [9.17, 15) is 0 Å². The molecule has 1 fully saturated rings. The maximum Gasteiger partial charge on any atom is 0.0831 e. The van der Waals surface area contributed by atoms with Crippen LogP contribution < -0.4 is 5.73 Å². The van der Waals surface area contributed by atoms with Crippen molar-refractivity contribution in [2.75, 3.05) is 13.1 Å². The van der Waals surface area contributed by atoms with Crippen molar-refractivity contribution in [1.29, 1.82) is 0 Å². The summed E-state index contributed by atoms with van der Waals surface area (Å²) in [6.45, 7) is 7.36. The van der Waals surface area contributed by atoms with Crippen LogP contribution in [-0.4, -0.2) is 33.8 Å². The number of likely N-dealkylation sites (tertiary alicyclic amines) is 1. The van der Waals surface area contributed by atoms with E-state index >= 15 is 0 Å². The first-order valence-corrected chi connectivity index (χ1v) is 6.42. The molecule has 17 heavy (non-hydrogen) atoms. The number of nitrogens with zero attached hydrogens (tertiary/aromatic N) is 3. The molecule has 1 unspecified atom stereocenters. The third-order valence-electron chi connectivity index (χ3n) is 3.78. The van der Waals surface area contributed by atoms with Gasteiger partial charge in [-0.25, -0.2) is 0 Å². The van der Waals surface area contributed by atoms with Gasteiger partial charge in [0.25, 0.3) is 0 Å². The summed E-state index contributed by atoms with van der Waals surface area (Å²) in [5.74, 6) is 0. The normalized spacial score (nSPS) is 25.1. The zero-order valence-corrected chi connectivity index (χ0v) is 11.5. The second-order valence-corrected chi connectivity index (χ2v) is 6.06. The molecule has 96 valence electrons.